The number of carbonyl (C=O) groups is 2. The van der Waals surface area contributed by atoms with E-state index in [1.54, 1.807) is 27.7 Å². The molecule has 3 aromatic carbocycles. The fourth-order valence-electron chi connectivity index (χ4n) is 4.93. The molecule has 3 rings (SSSR count). The molecule has 0 heterocycles. The third-order valence-corrected chi connectivity index (χ3v) is 6.96. The lowest BCUT2D eigenvalue weighted by atomic mass is 9.99. The standard InChI is InChI=1S/C35H47N3O6/c1-25(2)43-34(41)36-30(20-27-14-8-5-9-15-27)32(39)23-38(22-29-18-12-7-13-19-29)24-33(40)31(37-35(42)44-26(3)4)21-28-16-10-6-11-17-28/h5-19,25-26,30-33,39-40H,20-24H2,1-4H3,(H,36,41)(H,37,42)/t30-,31-,32+,33+/m0/s1. The summed E-state index contributed by atoms with van der Waals surface area (Å²) < 4.78 is 10.6. The monoisotopic (exact) mass is 605 g/mol. The van der Waals surface area contributed by atoms with Gasteiger partial charge in [0.2, 0.25) is 0 Å². The molecular weight excluding hydrogens is 558 g/mol. The third kappa shape index (κ3) is 12.8. The minimum absolute atomic E-state index is 0.139. The number of rotatable bonds is 16. The van der Waals surface area contributed by atoms with Crippen LogP contribution in [0, 0.1) is 0 Å². The molecule has 3 aromatic rings. The van der Waals surface area contributed by atoms with Gasteiger partial charge in [-0.2, -0.15) is 0 Å². The van der Waals surface area contributed by atoms with Crippen LogP contribution in [-0.4, -0.2) is 76.9 Å². The molecule has 9 heteroatoms. The van der Waals surface area contributed by atoms with Crippen molar-refractivity contribution in [2.75, 3.05) is 13.1 Å². The first-order valence-corrected chi connectivity index (χ1v) is 15.2. The summed E-state index contributed by atoms with van der Waals surface area (Å²) in [4.78, 5) is 27.1. The van der Waals surface area contributed by atoms with Crippen molar-refractivity contribution in [2.24, 2.45) is 0 Å². The zero-order valence-corrected chi connectivity index (χ0v) is 26.1. The average molecular weight is 606 g/mol. The lowest BCUT2D eigenvalue weighted by Crippen LogP contribution is -2.53. The van der Waals surface area contributed by atoms with Gasteiger partial charge in [0.15, 0.2) is 0 Å². The van der Waals surface area contributed by atoms with Crippen molar-refractivity contribution in [1.82, 2.24) is 15.5 Å². The molecule has 4 atom stereocenters. The Morgan fingerprint density at radius 2 is 0.955 bits per heavy atom. The topological polar surface area (TPSA) is 120 Å². The third-order valence-electron chi connectivity index (χ3n) is 6.96. The van der Waals surface area contributed by atoms with E-state index in [0.717, 1.165) is 16.7 Å². The Labute approximate surface area is 261 Å². The van der Waals surface area contributed by atoms with Gasteiger partial charge in [-0.1, -0.05) is 91.0 Å². The Morgan fingerprint density at radius 1 is 0.614 bits per heavy atom. The summed E-state index contributed by atoms with van der Waals surface area (Å²) in [6, 6.07) is 27.7. The first kappa shape index (κ1) is 34.6. The van der Waals surface area contributed by atoms with Gasteiger partial charge in [0.05, 0.1) is 36.5 Å². The zero-order valence-electron chi connectivity index (χ0n) is 26.1. The van der Waals surface area contributed by atoms with Crippen LogP contribution in [0.1, 0.15) is 44.4 Å². The van der Waals surface area contributed by atoms with E-state index >= 15 is 0 Å². The maximum atomic E-state index is 12.6. The van der Waals surface area contributed by atoms with Crippen LogP contribution >= 0.6 is 0 Å². The molecule has 0 saturated heterocycles. The second kappa shape index (κ2) is 18.0. The zero-order chi connectivity index (χ0) is 31.9. The molecule has 0 aliphatic heterocycles. The van der Waals surface area contributed by atoms with Crippen LogP contribution in [0.25, 0.3) is 0 Å². The number of nitrogens with one attached hydrogen (secondary N) is 2. The van der Waals surface area contributed by atoms with Gasteiger partial charge in [0, 0.05) is 19.6 Å². The van der Waals surface area contributed by atoms with Crippen LogP contribution in [0.4, 0.5) is 9.59 Å². The fourth-order valence-corrected chi connectivity index (χ4v) is 4.93. The Balaban J connectivity index is 1.83. The predicted octanol–water partition coefficient (Wildman–Crippen LogP) is 4.70. The molecule has 44 heavy (non-hydrogen) atoms. The van der Waals surface area contributed by atoms with E-state index in [2.05, 4.69) is 10.6 Å². The molecule has 0 bridgehead atoms. The number of aliphatic hydroxyl groups excluding tert-OH is 2. The van der Waals surface area contributed by atoms with E-state index < -0.39 is 36.5 Å². The highest BCUT2D eigenvalue weighted by molar-refractivity contribution is 5.68. The van der Waals surface area contributed by atoms with Crippen LogP contribution < -0.4 is 10.6 Å². The van der Waals surface area contributed by atoms with E-state index in [1.165, 1.54) is 0 Å². The lowest BCUT2D eigenvalue weighted by Gasteiger charge is -2.33. The molecule has 0 spiro atoms. The Kier molecular flexibility index (Phi) is 14.2. The minimum atomic E-state index is -1.00. The van der Waals surface area contributed by atoms with Crippen molar-refractivity contribution < 1.29 is 29.3 Å². The van der Waals surface area contributed by atoms with E-state index in [-0.39, 0.29) is 25.3 Å². The lowest BCUT2D eigenvalue weighted by molar-refractivity contribution is 0.0304. The number of carbonyl (C=O) groups excluding carboxylic acids is 2. The molecule has 2 amide bonds. The first-order chi connectivity index (χ1) is 21.1. The van der Waals surface area contributed by atoms with Crippen molar-refractivity contribution >= 4 is 12.2 Å². The summed E-state index contributed by atoms with van der Waals surface area (Å²) >= 11 is 0. The number of ether oxygens (including phenoxy) is 2. The number of aliphatic hydroxyl groups is 2. The van der Waals surface area contributed by atoms with E-state index in [9.17, 15) is 19.8 Å². The Bertz CT molecular complexity index is 1170. The molecular formula is C35H47N3O6. The van der Waals surface area contributed by atoms with E-state index in [0.29, 0.717) is 19.4 Å². The molecule has 0 aromatic heterocycles. The second-order valence-corrected chi connectivity index (χ2v) is 11.6. The highest BCUT2D eigenvalue weighted by Crippen LogP contribution is 2.14. The van der Waals surface area contributed by atoms with Crippen molar-refractivity contribution in [3.05, 3.63) is 108 Å². The fraction of sp³-hybridized carbons (Fsp3) is 0.429. The summed E-state index contributed by atoms with van der Waals surface area (Å²) in [6.07, 6.45) is -3.08. The number of amides is 2. The first-order valence-electron chi connectivity index (χ1n) is 15.2. The number of alkyl carbamates (subject to hydrolysis) is 2. The van der Waals surface area contributed by atoms with E-state index in [1.807, 2.05) is 95.9 Å². The van der Waals surface area contributed by atoms with Gasteiger partial charge >= 0.3 is 12.2 Å². The van der Waals surface area contributed by atoms with Crippen LogP contribution in [0.2, 0.25) is 0 Å². The van der Waals surface area contributed by atoms with Crippen molar-refractivity contribution in [1.29, 1.82) is 0 Å². The summed E-state index contributed by atoms with van der Waals surface area (Å²) in [5, 5.41) is 28.8. The SMILES string of the molecule is CC(C)OC(=O)N[C@@H](Cc1ccccc1)[C@H](O)CN(Cc1ccccc1)C[C@@H](O)[C@H](Cc1ccccc1)NC(=O)OC(C)C. The minimum Gasteiger partial charge on any atom is -0.447 e. The normalized spacial score (nSPS) is 14.1. The average Bonchev–Trinajstić information content (AvgIpc) is 2.97. The largest absolute Gasteiger partial charge is 0.447 e. The van der Waals surface area contributed by atoms with Gasteiger partial charge in [0.1, 0.15) is 0 Å². The molecule has 238 valence electrons. The number of nitrogens with zero attached hydrogens (tertiary/aromatic N) is 1. The maximum Gasteiger partial charge on any atom is 0.407 e. The van der Waals surface area contributed by atoms with Gasteiger partial charge < -0.3 is 30.3 Å². The molecule has 0 radical (unpaired) electrons. The molecule has 0 unspecified atom stereocenters. The molecule has 0 saturated carbocycles. The van der Waals surface area contributed by atoms with Gasteiger partial charge in [-0.25, -0.2) is 9.59 Å². The van der Waals surface area contributed by atoms with Crippen molar-refractivity contribution in [3.63, 3.8) is 0 Å². The smallest absolute Gasteiger partial charge is 0.407 e. The summed E-state index contributed by atoms with van der Waals surface area (Å²) in [5.74, 6) is 0. The van der Waals surface area contributed by atoms with Crippen LogP contribution in [-0.2, 0) is 28.9 Å². The molecule has 0 aliphatic carbocycles. The number of benzene rings is 3. The Hall–Kier alpha value is -3.92. The second-order valence-electron chi connectivity index (χ2n) is 11.6. The number of hydrogen-bond acceptors (Lipinski definition) is 7. The summed E-state index contributed by atoms with van der Waals surface area (Å²) in [5.41, 5.74) is 2.89. The van der Waals surface area contributed by atoms with Crippen molar-refractivity contribution in [3.8, 4) is 0 Å². The van der Waals surface area contributed by atoms with Gasteiger partial charge in [-0.05, 0) is 57.2 Å². The van der Waals surface area contributed by atoms with Crippen LogP contribution in [0.5, 0.6) is 0 Å². The molecule has 4 N–H and O–H groups in total. The van der Waals surface area contributed by atoms with Gasteiger partial charge in [-0.15, -0.1) is 0 Å². The summed E-state index contributed by atoms with van der Waals surface area (Å²) in [7, 11) is 0. The maximum absolute atomic E-state index is 12.6. The van der Waals surface area contributed by atoms with Crippen molar-refractivity contribution in [2.45, 2.75) is 83.6 Å². The van der Waals surface area contributed by atoms with Crippen LogP contribution in [0.15, 0.2) is 91.0 Å². The predicted molar refractivity (Wildman–Crippen MR) is 171 cm³/mol. The quantitative estimate of drug-likeness (QED) is 0.187. The highest BCUT2D eigenvalue weighted by atomic mass is 16.6. The van der Waals surface area contributed by atoms with Crippen LogP contribution in [0.3, 0.4) is 0 Å². The molecule has 0 aliphatic rings. The van der Waals surface area contributed by atoms with E-state index in [4.69, 9.17) is 9.47 Å². The summed E-state index contributed by atoms with van der Waals surface area (Å²) in [6.45, 7) is 7.77. The molecule has 0 fully saturated rings. The highest BCUT2D eigenvalue weighted by Gasteiger charge is 2.29. The molecule has 9 nitrogen and oxygen atoms in total. The number of hydrogen-bond donors (Lipinski definition) is 4. The van der Waals surface area contributed by atoms with Gasteiger partial charge in [-0.3, -0.25) is 4.90 Å². The Morgan fingerprint density at radius 3 is 1.30 bits per heavy atom. The van der Waals surface area contributed by atoms with Gasteiger partial charge in [0.25, 0.3) is 0 Å².